The predicted molar refractivity (Wildman–Crippen MR) is 38.6 cm³/mol. The minimum absolute atomic E-state index is 0.669. The van der Waals surface area contributed by atoms with E-state index >= 15 is 0 Å². The van der Waals surface area contributed by atoms with Gasteiger partial charge in [-0.3, -0.25) is 0 Å². The molecule has 0 unspecified atom stereocenters. The monoisotopic (exact) mass is 141 g/mol. The SMILES string of the molecule is [O-][NH2+]c1cccc(S)c1. The Kier molecular flexibility index (Phi) is 2.10. The molecule has 0 amide bonds. The van der Waals surface area contributed by atoms with Gasteiger partial charge in [-0.2, -0.15) is 0 Å². The first-order valence-corrected chi connectivity index (χ1v) is 3.02. The Bertz CT molecular complexity index is 202. The van der Waals surface area contributed by atoms with Crippen LogP contribution in [-0.2, 0) is 0 Å². The lowest BCUT2D eigenvalue weighted by atomic mass is 10.3. The zero-order valence-electron chi connectivity index (χ0n) is 4.74. The fourth-order valence-electron chi connectivity index (χ4n) is 0.598. The molecule has 0 aliphatic carbocycles. The molecule has 0 heterocycles. The highest BCUT2D eigenvalue weighted by atomic mass is 32.1. The quantitative estimate of drug-likeness (QED) is 0.337. The number of benzene rings is 1. The summed E-state index contributed by atoms with van der Waals surface area (Å²) in [5.74, 6) is 0. The van der Waals surface area contributed by atoms with E-state index in [-0.39, 0.29) is 0 Å². The highest BCUT2D eigenvalue weighted by Gasteiger charge is 1.88. The van der Waals surface area contributed by atoms with Crippen molar-refractivity contribution in [3.8, 4) is 0 Å². The minimum atomic E-state index is 0.669. The predicted octanol–water partition coefficient (Wildman–Crippen LogP) is 0.668. The Morgan fingerprint density at radius 3 is 2.67 bits per heavy atom. The second kappa shape index (κ2) is 2.87. The molecule has 0 aromatic heterocycles. The van der Waals surface area contributed by atoms with Crippen LogP contribution in [0.2, 0.25) is 0 Å². The lowest BCUT2D eigenvalue weighted by Crippen LogP contribution is -2.70. The van der Waals surface area contributed by atoms with Gasteiger partial charge in [0.2, 0.25) is 0 Å². The highest BCUT2D eigenvalue weighted by molar-refractivity contribution is 7.80. The summed E-state index contributed by atoms with van der Waals surface area (Å²) in [6.45, 7) is 0. The van der Waals surface area contributed by atoms with Crippen molar-refractivity contribution >= 4 is 18.3 Å². The lowest BCUT2D eigenvalue weighted by Gasteiger charge is -1.99. The second-order valence-corrected chi connectivity index (χ2v) is 2.23. The molecule has 1 aromatic rings. The van der Waals surface area contributed by atoms with Gasteiger partial charge in [0.15, 0.2) is 0 Å². The topological polar surface area (TPSA) is 39.7 Å². The van der Waals surface area contributed by atoms with Crippen LogP contribution in [-0.4, -0.2) is 0 Å². The summed E-state index contributed by atoms with van der Waals surface area (Å²) < 4.78 is 0. The Morgan fingerprint density at radius 2 is 2.22 bits per heavy atom. The third kappa shape index (κ3) is 1.71. The van der Waals surface area contributed by atoms with E-state index in [1.54, 1.807) is 18.2 Å². The number of thiol groups is 1. The van der Waals surface area contributed by atoms with Gasteiger partial charge in [-0.25, -0.2) is 0 Å². The molecule has 2 N–H and O–H groups in total. The van der Waals surface area contributed by atoms with Crippen LogP contribution in [0.3, 0.4) is 0 Å². The molecule has 48 valence electrons. The van der Waals surface area contributed by atoms with E-state index in [0.717, 1.165) is 10.4 Å². The highest BCUT2D eigenvalue weighted by Crippen LogP contribution is 2.07. The van der Waals surface area contributed by atoms with Gasteiger partial charge in [-0.15, -0.1) is 12.6 Å². The zero-order chi connectivity index (χ0) is 6.69. The number of hydrogen-bond donors (Lipinski definition) is 2. The van der Waals surface area contributed by atoms with Crippen LogP contribution >= 0.6 is 12.6 Å². The summed E-state index contributed by atoms with van der Waals surface area (Å²) in [5, 5.41) is 10.1. The van der Waals surface area contributed by atoms with Crippen LogP contribution in [0, 0.1) is 5.21 Å². The molecule has 1 aromatic carbocycles. The van der Waals surface area contributed by atoms with Gasteiger partial charge in [0, 0.05) is 11.0 Å². The summed E-state index contributed by atoms with van der Waals surface area (Å²) in [6.07, 6.45) is 0. The molecule has 0 saturated heterocycles. The van der Waals surface area contributed by atoms with Crippen molar-refractivity contribution in [2.45, 2.75) is 4.90 Å². The first-order chi connectivity index (χ1) is 4.33. The lowest BCUT2D eigenvalue weighted by molar-refractivity contribution is -0.497. The van der Waals surface area contributed by atoms with E-state index in [2.05, 4.69) is 12.6 Å². The molecule has 9 heavy (non-hydrogen) atoms. The van der Waals surface area contributed by atoms with Crippen molar-refractivity contribution in [1.82, 2.24) is 0 Å². The number of rotatable bonds is 1. The van der Waals surface area contributed by atoms with Crippen molar-refractivity contribution < 1.29 is 5.48 Å². The maximum absolute atomic E-state index is 10.1. The average molecular weight is 141 g/mol. The maximum atomic E-state index is 10.1. The Balaban J connectivity index is 2.94. The van der Waals surface area contributed by atoms with Crippen LogP contribution < -0.4 is 5.48 Å². The first kappa shape index (κ1) is 6.61. The Hall–Kier alpha value is -0.510. The van der Waals surface area contributed by atoms with Gasteiger partial charge >= 0.3 is 0 Å². The van der Waals surface area contributed by atoms with Crippen LogP contribution in [0.15, 0.2) is 29.2 Å². The summed E-state index contributed by atoms with van der Waals surface area (Å²) in [6, 6.07) is 7.09. The molecule has 0 aliphatic rings. The maximum Gasteiger partial charge on any atom is 0.130 e. The molecule has 0 aliphatic heterocycles. The second-order valence-electron chi connectivity index (χ2n) is 1.71. The number of quaternary nitrogens is 1. The molecule has 3 heteroatoms. The fourth-order valence-corrected chi connectivity index (χ4v) is 0.833. The molecule has 0 spiro atoms. The van der Waals surface area contributed by atoms with Crippen molar-refractivity contribution in [3.05, 3.63) is 29.5 Å². The smallest absolute Gasteiger partial charge is 0.130 e. The van der Waals surface area contributed by atoms with Gasteiger partial charge in [0.1, 0.15) is 5.69 Å². The number of nitrogens with two attached hydrogens (primary N) is 1. The van der Waals surface area contributed by atoms with Gasteiger partial charge in [-0.05, 0) is 12.1 Å². The van der Waals surface area contributed by atoms with Gasteiger partial charge in [0.25, 0.3) is 0 Å². The number of hydrogen-bond acceptors (Lipinski definition) is 2. The van der Waals surface area contributed by atoms with Crippen molar-refractivity contribution in [3.63, 3.8) is 0 Å². The van der Waals surface area contributed by atoms with E-state index in [1.807, 2.05) is 6.07 Å². The van der Waals surface area contributed by atoms with E-state index in [1.165, 1.54) is 0 Å². The fraction of sp³-hybridized carbons (Fsp3) is 0. The van der Waals surface area contributed by atoms with Gasteiger partial charge < -0.3 is 10.7 Å². The molecular weight excluding hydrogens is 134 g/mol. The molecule has 0 atom stereocenters. The van der Waals surface area contributed by atoms with E-state index in [4.69, 9.17) is 0 Å². The first-order valence-electron chi connectivity index (χ1n) is 2.57. The minimum Gasteiger partial charge on any atom is -0.630 e. The molecule has 0 bridgehead atoms. The average Bonchev–Trinajstić information content (AvgIpc) is 1.88. The summed E-state index contributed by atoms with van der Waals surface area (Å²) in [4.78, 5) is 0.819. The van der Waals surface area contributed by atoms with E-state index in [9.17, 15) is 5.21 Å². The standard InChI is InChI=1S/C6H7NOS/c8-7-5-2-1-3-6(9)4-5/h1-4,9H,7H2. The summed E-state index contributed by atoms with van der Waals surface area (Å²) in [5.41, 5.74) is 1.47. The molecular formula is C6H7NOS. The van der Waals surface area contributed by atoms with Gasteiger partial charge in [-0.1, -0.05) is 6.07 Å². The molecule has 0 saturated carbocycles. The zero-order valence-corrected chi connectivity index (χ0v) is 5.64. The van der Waals surface area contributed by atoms with Crippen LogP contribution in [0.25, 0.3) is 0 Å². The Labute approximate surface area is 58.9 Å². The molecule has 2 nitrogen and oxygen atoms in total. The largest absolute Gasteiger partial charge is 0.630 e. The summed E-state index contributed by atoms with van der Waals surface area (Å²) >= 11 is 4.05. The van der Waals surface area contributed by atoms with Crippen LogP contribution in [0.1, 0.15) is 0 Å². The van der Waals surface area contributed by atoms with E-state index in [0.29, 0.717) is 5.69 Å². The van der Waals surface area contributed by atoms with Gasteiger partial charge in [0.05, 0.1) is 0 Å². The Morgan fingerprint density at radius 1 is 1.44 bits per heavy atom. The van der Waals surface area contributed by atoms with Crippen LogP contribution in [0.4, 0.5) is 5.69 Å². The van der Waals surface area contributed by atoms with Crippen molar-refractivity contribution in [2.75, 3.05) is 0 Å². The summed E-state index contributed by atoms with van der Waals surface area (Å²) in [7, 11) is 0. The van der Waals surface area contributed by atoms with Crippen molar-refractivity contribution in [2.24, 2.45) is 0 Å². The molecule has 0 radical (unpaired) electrons. The van der Waals surface area contributed by atoms with Crippen LogP contribution in [0.5, 0.6) is 0 Å². The third-order valence-corrected chi connectivity index (χ3v) is 1.28. The molecule has 0 fully saturated rings. The van der Waals surface area contributed by atoms with Crippen molar-refractivity contribution in [1.29, 1.82) is 0 Å². The normalized spacial score (nSPS) is 9.56. The third-order valence-electron chi connectivity index (χ3n) is 1.01. The van der Waals surface area contributed by atoms with E-state index < -0.39 is 0 Å². The molecule has 1 rings (SSSR count).